The molecule has 0 aliphatic heterocycles. The van der Waals surface area contributed by atoms with Crippen LogP contribution in [0.4, 0.5) is 4.39 Å². The van der Waals surface area contributed by atoms with Crippen LogP contribution in [0.2, 0.25) is 5.02 Å². The lowest BCUT2D eigenvalue weighted by atomic mass is 9.98. The number of ether oxygens (including phenoxy) is 1. The van der Waals surface area contributed by atoms with E-state index >= 15 is 0 Å². The van der Waals surface area contributed by atoms with Gasteiger partial charge in [-0.2, -0.15) is 0 Å². The molecule has 3 rings (SSSR count). The molecule has 0 fully saturated rings. The van der Waals surface area contributed by atoms with Crippen molar-refractivity contribution in [2.45, 2.75) is 26.4 Å². The molecule has 156 valence electrons. The first-order chi connectivity index (χ1) is 14.3. The van der Waals surface area contributed by atoms with E-state index in [1.54, 1.807) is 50.2 Å². The molecule has 5 nitrogen and oxygen atoms in total. The van der Waals surface area contributed by atoms with Gasteiger partial charge in [0, 0.05) is 28.9 Å². The molecule has 0 saturated heterocycles. The molecule has 0 saturated carbocycles. The maximum atomic E-state index is 13.0. The van der Waals surface area contributed by atoms with Gasteiger partial charge < -0.3 is 14.9 Å². The molecule has 7 heteroatoms. The number of hydrogen-bond donors (Lipinski definition) is 2. The molecule has 30 heavy (non-hydrogen) atoms. The Morgan fingerprint density at radius 2 is 1.73 bits per heavy atom. The van der Waals surface area contributed by atoms with Crippen LogP contribution in [-0.4, -0.2) is 27.8 Å². The summed E-state index contributed by atoms with van der Waals surface area (Å²) in [6, 6.07) is 13.4. The number of benzene rings is 2. The third kappa shape index (κ3) is 4.78. The van der Waals surface area contributed by atoms with E-state index in [1.807, 2.05) is 0 Å². The van der Waals surface area contributed by atoms with Gasteiger partial charge in [0.15, 0.2) is 6.10 Å². The lowest BCUT2D eigenvalue weighted by Gasteiger charge is -2.17. The molecule has 1 unspecified atom stereocenters. The molecule has 0 amide bonds. The summed E-state index contributed by atoms with van der Waals surface area (Å²) in [6.07, 6.45) is -1.11. The quantitative estimate of drug-likeness (QED) is 0.558. The Kier molecular flexibility index (Phi) is 6.70. The topological polar surface area (TPSA) is 79.7 Å². The minimum Gasteiger partial charge on any atom is -0.493 e. The molecular weight excluding hydrogens is 409 g/mol. The summed E-state index contributed by atoms with van der Waals surface area (Å²) >= 11 is 6.47. The lowest BCUT2D eigenvalue weighted by Crippen LogP contribution is -2.14. The number of nitrogens with zero attached hydrogens (tertiary/aromatic N) is 1. The van der Waals surface area contributed by atoms with Crippen molar-refractivity contribution in [3.8, 4) is 16.9 Å². The van der Waals surface area contributed by atoms with Gasteiger partial charge in [0.2, 0.25) is 0 Å². The fourth-order valence-corrected chi connectivity index (χ4v) is 3.74. The van der Waals surface area contributed by atoms with Crippen LogP contribution in [-0.2, 0) is 11.2 Å². The summed E-state index contributed by atoms with van der Waals surface area (Å²) in [5.41, 5.74) is 3.36. The van der Waals surface area contributed by atoms with Gasteiger partial charge in [0.25, 0.3) is 0 Å². The number of carbonyl (C=O) groups is 1. The lowest BCUT2D eigenvalue weighted by molar-refractivity contribution is -0.147. The van der Waals surface area contributed by atoms with Gasteiger partial charge in [0.1, 0.15) is 11.6 Å². The third-order valence-corrected chi connectivity index (χ3v) is 5.16. The maximum absolute atomic E-state index is 13.0. The molecule has 1 aromatic heterocycles. The molecule has 0 spiro atoms. The van der Waals surface area contributed by atoms with E-state index in [-0.39, 0.29) is 16.4 Å². The van der Waals surface area contributed by atoms with Gasteiger partial charge in [-0.05, 0) is 49.2 Å². The predicted octanol–water partition coefficient (Wildman–Crippen LogP) is 4.90. The van der Waals surface area contributed by atoms with Gasteiger partial charge in [-0.15, -0.1) is 0 Å². The normalized spacial score (nSPS) is 11.9. The van der Waals surface area contributed by atoms with E-state index in [1.165, 1.54) is 12.1 Å². The minimum absolute atomic E-state index is 0.0874. The summed E-state index contributed by atoms with van der Waals surface area (Å²) in [6.45, 7) is 3.83. The summed E-state index contributed by atoms with van der Waals surface area (Å²) < 4.78 is 18.7. The second kappa shape index (κ2) is 9.24. The van der Waals surface area contributed by atoms with Crippen LogP contribution in [0.15, 0.2) is 48.5 Å². The standard InChI is InChI=1S/C23H21ClFNO4/c1-13-19(21(24)20(14(2)26-13)22(27)23(28)29)16-5-9-18(10-6-16)30-12-11-15-3-7-17(25)8-4-15/h3-10,22,27H,11-12H2,1-2H3,(H,28,29). The van der Waals surface area contributed by atoms with Gasteiger partial charge in [-0.3, -0.25) is 4.98 Å². The molecule has 0 aliphatic rings. The number of halogens is 2. The summed E-state index contributed by atoms with van der Waals surface area (Å²) in [5.74, 6) is -1.00. The average Bonchev–Trinajstić information content (AvgIpc) is 2.70. The van der Waals surface area contributed by atoms with Crippen molar-refractivity contribution in [1.82, 2.24) is 4.98 Å². The number of aliphatic carboxylic acids is 1. The molecular formula is C23H21ClFNO4. The molecule has 2 aromatic carbocycles. The van der Waals surface area contributed by atoms with Gasteiger partial charge >= 0.3 is 5.97 Å². The van der Waals surface area contributed by atoms with Crippen LogP contribution in [0.3, 0.4) is 0 Å². The zero-order valence-corrected chi connectivity index (χ0v) is 17.3. The number of aryl methyl sites for hydroxylation is 2. The number of aliphatic hydroxyl groups excluding tert-OH is 1. The highest BCUT2D eigenvalue weighted by molar-refractivity contribution is 6.34. The van der Waals surface area contributed by atoms with E-state index in [4.69, 9.17) is 21.4 Å². The summed E-state index contributed by atoms with van der Waals surface area (Å²) in [7, 11) is 0. The first-order valence-electron chi connectivity index (χ1n) is 9.33. The highest BCUT2D eigenvalue weighted by Crippen LogP contribution is 2.37. The molecule has 0 bridgehead atoms. The van der Waals surface area contributed by atoms with Crippen molar-refractivity contribution in [3.63, 3.8) is 0 Å². The smallest absolute Gasteiger partial charge is 0.337 e. The van der Waals surface area contributed by atoms with Crippen LogP contribution in [0.25, 0.3) is 11.1 Å². The molecule has 0 radical (unpaired) electrons. The predicted molar refractivity (Wildman–Crippen MR) is 112 cm³/mol. The zero-order chi connectivity index (χ0) is 21.8. The second-order valence-electron chi connectivity index (χ2n) is 6.88. The van der Waals surface area contributed by atoms with Crippen molar-refractivity contribution in [2.24, 2.45) is 0 Å². The number of pyridine rings is 1. The van der Waals surface area contributed by atoms with Crippen LogP contribution >= 0.6 is 11.6 Å². The van der Waals surface area contributed by atoms with Crippen LogP contribution < -0.4 is 4.74 Å². The highest BCUT2D eigenvalue weighted by Gasteiger charge is 2.25. The van der Waals surface area contributed by atoms with Crippen molar-refractivity contribution in [3.05, 3.63) is 81.9 Å². The van der Waals surface area contributed by atoms with Crippen LogP contribution in [0, 0.1) is 19.7 Å². The van der Waals surface area contributed by atoms with Crippen molar-refractivity contribution in [1.29, 1.82) is 0 Å². The van der Waals surface area contributed by atoms with Gasteiger partial charge in [0.05, 0.1) is 11.6 Å². The molecule has 1 atom stereocenters. The number of carboxylic acid groups (broad SMARTS) is 1. The van der Waals surface area contributed by atoms with E-state index in [0.717, 1.165) is 11.1 Å². The Hall–Kier alpha value is -2.96. The Labute approximate surface area is 178 Å². The number of aliphatic hydroxyl groups is 1. The summed E-state index contributed by atoms with van der Waals surface area (Å²) in [4.78, 5) is 15.6. The Balaban J connectivity index is 1.78. The SMILES string of the molecule is Cc1nc(C)c(C(O)C(=O)O)c(Cl)c1-c1ccc(OCCc2ccc(F)cc2)cc1. The fourth-order valence-electron chi connectivity index (χ4n) is 3.25. The number of aromatic nitrogens is 1. The molecule has 2 N–H and O–H groups in total. The Morgan fingerprint density at radius 3 is 2.33 bits per heavy atom. The maximum Gasteiger partial charge on any atom is 0.337 e. The number of rotatable bonds is 7. The highest BCUT2D eigenvalue weighted by atomic mass is 35.5. The summed E-state index contributed by atoms with van der Waals surface area (Å²) in [5, 5.41) is 19.3. The van der Waals surface area contributed by atoms with Gasteiger partial charge in [-0.25, -0.2) is 9.18 Å². The second-order valence-corrected chi connectivity index (χ2v) is 7.25. The minimum atomic E-state index is -1.75. The van der Waals surface area contributed by atoms with Gasteiger partial charge in [-0.1, -0.05) is 35.9 Å². The van der Waals surface area contributed by atoms with E-state index < -0.39 is 12.1 Å². The van der Waals surface area contributed by atoms with Crippen molar-refractivity contribution in [2.75, 3.05) is 6.61 Å². The van der Waals surface area contributed by atoms with E-state index in [0.29, 0.717) is 35.7 Å². The van der Waals surface area contributed by atoms with Crippen molar-refractivity contribution >= 4 is 17.6 Å². The molecule has 3 aromatic rings. The van der Waals surface area contributed by atoms with Crippen molar-refractivity contribution < 1.29 is 24.1 Å². The van der Waals surface area contributed by atoms with Crippen LogP contribution in [0.5, 0.6) is 5.75 Å². The monoisotopic (exact) mass is 429 g/mol. The fraction of sp³-hybridized carbons (Fsp3) is 0.217. The first-order valence-corrected chi connectivity index (χ1v) is 9.71. The largest absolute Gasteiger partial charge is 0.493 e. The zero-order valence-electron chi connectivity index (χ0n) is 16.5. The number of hydrogen-bond acceptors (Lipinski definition) is 4. The first kappa shape index (κ1) is 21.7. The Bertz CT molecular complexity index is 1050. The number of carboxylic acids is 1. The van der Waals surface area contributed by atoms with E-state index in [2.05, 4.69) is 4.98 Å². The Morgan fingerprint density at radius 1 is 1.10 bits per heavy atom. The molecule has 1 heterocycles. The average molecular weight is 430 g/mol. The molecule has 0 aliphatic carbocycles. The van der Waals surface area contributed by atoms with E-state index in [9.17, 15) is 14.3 Å². The van der Waals surface area contributed by atoms with Crippen LogP contribution in [0.1, 0.15) is 28.6 Å². The third-order valence-electron chi connectivity index (χ3n) is 4.77.